The van der Waals surface area contributed by atoms with Crippen molar-refractivity contribution in [1.29, 1.82) is 5.26 Å². The number of esters is 1. The van der Waals surface area contributed by atoms with E-state index in [-0.39, 0.29) is 24.2 Å². The van der Waals surface area contributed by atoms with Crippen molar-refractivity contribution < 1.29 is 23.8 Å². The van der Waals surface area contributed by atoms with E-state index in [1.165, 1.54) is 12.1 Å². The van der Waals surface area contributed by atoms with Gasteiger partial charge >= 0.3 is 11.9 Å². The van der Waals surface area contributed by atoms with Crippen molar-refractivity contribution >= 4 is 11.9 Å². The van der Waals surface area contributed by atoms with E-state index in [1.54, 1.807) is 6.07 Å². The molecule has 0 unspecified atom stereocenters. The maximum atomic E-state index is 13.1. The first-order valence-electron chi connectivity index (χ1n) is 4.65. The Morgan fingerprint density at radius 1 is 1.41 bits per heavy atom. The monoisotopic (exact) mass is 237 g/mol. The third-order valence-electron chi connectivity index (χ3n) is 1.85. The number of benzene rings is 1. The molecule has 0 atom stereocenters. The Bertz CT molecular complexity index is 493. The molecule has 0 amide bonds. The number of hydrogen-bond donors (Lipinski definition) is 1. The lowest BCUT2D eigenvalue weighted by Crippen LogP contribution is -2.11. The fraction of sp³-hybridized carbons (Fsp3) is 0.182. The highest BCUT2D eigenvalue weighted by atomic mass is 19.1. The van der Waals surface area contributed by atoms with Gasteiger partial charge in [-0.3, -0.25) is 9.59 Å². The molecule has 0 heterocycles. The third-order valence-corrected chi connectivity index (χ3v) is 1.85. The lowest BCUT2D eigenvalue weighted by molar-refractivity contribution is -0.142. The predicted molar refractivity (Wildman–Crippen MR) is 53.6 cm³/mol. The largest absolute Gasteiger partial charge is 0.481 e. The molecule has 1 aromatic carbocycles. The Morgan fingerprint density at radius 3 is 2.71 bits per heavy atom. The first-order chi connectivity index (χ1) is 8.04. The van der Waals surface area contributed by atoms with Gasteiger partial charge in [0, 0.05) is 0 Å². The third kappa shape index (κ3) is 3.57. The number of carbonyl (C=O) groups is 2. The molecule has 1 aromatic rings. The van der Waals surface area contributed by atoms with Gasteiger partial charge in [0.2, 0.25) is 0 Å². The summed E-state index contributed by atoms with van der Waals surface area (Å²) in [6, 6.07) is 5.18. The van der Waals surface area contributed by atoms with Crippen LogP contribution in [0.3, 0.4) is 0 Å². The molecule has 0 aliphatic heterocycles. The number of nitriles is 1. The van der Waals surface area contributed by atoms with E-state index in [9.17, 15) is 14.0 Å². The van der Waals surface area contributed by atoms with Crippen LogP contribution in [0.2, 0.25) is 0 Å². The molecule has 6 heteroatoms. The Morgan fingerprint density at radius 2 is 2.12 bits per heavy atom. The summed E-state index contributed by atoms with van der Waals surface area (Å²) in [5, 5.41) is 17.0. The second-order valence-corrected chi connectivity index (χ2v) is 3.09. The standard InChI is InChI=1S/C11H8FNO4/c12-8-2-1-3-9(7(8)6-13)17-11(16)5-4-10(14)15/h1-3H,4-5H2,(H,14,15). The minimum Gasteiger partial charge on any atom is -0.481 e. The van der Waals surface area contributed by atoms with E-state index in [0.717, 1.165) is 6.07 Å². The van der Waals surface area contributed by atoms with Crippen LogP contribution in [-0.2, 0) is 9.59 Å². The molecule has 0 aliphatic carbocycles. The smallest absolute Gasteiger partial charge is 0.311 e. The molecule has 0 spiro atoms. The molecule has 17 heavy (non-hydrogen) atoms. The molecule has 5 nitrogen and oxygen atoms in total. The fourth-order valence-corrected chi connectivity index (χ4v) is 1.08. The van der Waals surface area contributed by atoms with Crippen molar-refractivity contribution in [2.45, 2.75) is 12.8 Å². The number of hydrogen-bond acceptors (Lipinski definition) is 4. The summed E-state index contributed by atoms with van der Waals surface area (Å²) in [5.74, 6) is -2.96. The summed E-state index contributed by atoms with van der Waals surface area (Å²) in [6.07, 6.45) is -0.716. The molecule has 0 saturated carbocycles. The van der Waals surface area contributed by atoms with Crippen LogP contribution in [0, 0.1) is 17.1 Å². The second kappa shape index (κ2) is 5.61. The molecule has 1 rings (SSSR count). The van der Waals surface area contributed by atoms with Crippen LogP contribution in [0.5, 0.6) is 5.75 Å². The first kappa shape index (κ1) is 12.6. The second-order valence-electron chi connectivity index (χ2n) is 3.09. The SMILES string of the molecule is N#Cc1c(F)cccc1OC(=O)CCC(=O)O. The summed E-state index contributed by atoms with van der Waals surface area (Å²) in [4.78, 5) is 21.4. The molecule has 88 valence electrons. The van der Waals surface area contributed by atoms with Gasteiger partial charge in [-0.2, -0.15) is 5.26 Å². The van der Waals surface area contributed by atoms with E-state index in [2.05, 4.69) is 0 Å². The zero-order valence-electron chi connectivity index (χ0n) is 8.64. The van der Waals surface area contributed by atoms with Gasteiger partial charge < -0.3 is 9.84 Å². The maximum absolute atomic E-state index is 13.1. The molecular formula is C11H8FNO4. The van der Waals surface area contributed by atoms with Crippen molar-refractivity contribution in [1.82, 2.24) is 0 Å². The lowest BCUT2D eigenvalue weighted by atomic mass is 10.2. The number of ether oxygens (including phenoxy) is 1. The van der Waals surface area contributed by atoms with Crippen molar-refractivity contribution in [3.8, 4) is 11.8 Å². The number of aliphatic carboxylic acids is 1. The zero-order chi connectivity index (χ0) is 12.8. The maximum Gasteiger partial charge on any atom is 0.311 e. The molecule has 0 fully saturated rings. The van der Waals surface area contributed by atoms with Crippen molar-refractivity contribution in [3.63, 3.8) is 0 Å². The van der Waals surface area contributed by atoms with Gasteiger partial charge in [-0.15, -0.1) is 0 Å². The number of carbonyl (C=O) groups excluding carboxylic acids is 1. The Balaban J connectivity index is 2.75. The van der Waals surface area contributed by atoms with E-state index in [1.807, 2.05) is 0 Å². The van der Waals surface area contributed by atoms with E-state index < -0.39 is 17.8 Å². The molecule has 0 saturated heterocycles. The van der Waals surface area contributed by atoms with Crippen LogP contribution >= 0.6 is 0 Å². The molecule has 0 aromatic heterocycles. The minimum atomic E-state index is -1.14. The topological polar surface area (TPSA) is 87.4 Å². The number of carboxylic acids is 1. The first-order valence-corrected chi connectivity index (χ1v) is 4.65. The van der Waals surface area contributed by atoms with Gasteiger partial charge in [0.25, 0.3) is 0 Å². The molecule has 0 bridgehead atoms. The highest BCUT2D eigenvalue weighted by molar-refractivity contribution is 5.78. The summed E-state index contributed by atoms with van der Waals surface area (Å²) < 4.78 is 17.8. The number of halogens is 1. The molecular weight excluding hydrogens is 229 g/mol. The van der Waals surface area contributed by atoms with Gasteiger partial charge in [0.15, 0.2) is 5.75 Å². The van der Waals surface area contributed by atoms with Crippen molar-refractivity contribution in [2.75, 3.05) is 0 Å². The summed E-state index contributed by atoms with van der Waals surface area (Å²) in [5.41, 5.74) is -0.379. The van der Waals surface area contributed by atoms with Crippen LogP contribution in [0.25, 0.3) is 0 Å². The number of carboxylic acid groups (broad SMARTS) is 1. The fourth-order valence-electron chi connectivity index (χ4n) is 1.08. The average Bonchev–Trinajstić information content (AvgIpc) is 2.27. The number of rotatable bonds is 4. The summed E-state index contributed by atoms with van der Waals surface area (Å²) in [6.45, 7) is 0. The zero-order valence-corrected chi connectivity index (χ0v) is 8.64. The highest BCUT2D eigenvalue weighted by Gasteiger charge is 2.13. The Kier molecular flexibility index (Phi) is 4.17. The molecule has 0 radical (unpaired) electrons. The minimum absolute atomic E-state index is 0.206. The van der Waals surface area contributed by atoms with Crippen LogP contribution in [0.4, 0.5) is 4.39 Å². The quantitative estimate of drug-likeness (QED) is 0.632. The van der Waals surface area contributed by atoms with Crippen molar-refractivity contribution in [2.24, 2.45) is 0 Å². The lowest BCUT2D eigenvalue weighted by Gasteiger charge is -2.05. The Labute approximate surface area is 96.0 Å². The van der Waals surface area contributed by atoms with Crippen molar-refractivity contribution in [3.05, 3.63) is 29.6 Å². The van der Waals surface area contributed by atoms with E-state index in [4.69, 9.17) is 15.1 Å². The number of nitrogens with zero attached hydrogens (tertiary/aromatic N) is 1. The normalized spacial score (nSPS) is 9.41. The van der Waals surface area contributed by atoms with Gasteiger partial charge in [-0.25, -0.2) is 4.39 Å². The Hall–Kier alpha value is -2.42. The van der Waals surface area contributed by atoms with Gasteiger partial charge in [0.1, 0.15) is 17.4 Å². The van der Waals surface area contributed by atoms with E-state index in [0.29, 0.717) is 0 Å². The summed E-state index contributed by atoms with van der Waals surface area (Å²) >= 11 is 0. The van der Waals surface area contributed by atoms with Crippen LogP contribution in [0.1, 0.15) is 18.4 Å². The molecule has 0 aliphatic rings. The van der Waals surface area contributed by atoms with E-state index >= 15 is 0 Å². The van der Waals surface area contributed by atoms with Gasteiger partial charge in [0.05, 0.1) is 12.8 Å². The van der Waals surface area contributed by atoms with Crippen LogP contribution in [-0.4, -0.2) is 17.0 Å². The van der Waals surface area contributed by atoms with Gasteiger partial charge in [-0.1, -0.05) is 6.07 Å². The average molecular weight is 237 g/mol. The summed E-state index contributed by atoms with van der Waals surface area (Å²) in [7, 11) is 0. The molecule has 1 N–H and O–H groups in total. The highest BCUT2D eigenvalue weighted by Crippen LogP contribution is 2.20. The predicted octanol–water partition coefficient (Wildman–Crippen LogP) is 1.47. The van der Waals surface area contributed by atoms with Crippen LogP contribution < -0.4 is 4.74 Å². The van der Waals surface area contributed by atoms with Gasteiger partial charge in [-0.05, 0) is 12.1 Å². The van der Waals surface area contributed by atoms with Crippen LogP contribution in [0.15, 0.2) is 18.2 Å².